The zero-order valence-electron chi connectivity index (χ0n) is 17.0. The van der Waals surface area contributed by atoms with Crippen LogP contribution in [0.15, 0.2) is 65.8 Å². The van der Waals surface area contributed by atoms with Gasteiger partial charge in [-0.2, -0.15) is 5.10 Å². The lowest BCUT2D eigenvalue weighted by molar-refractivity contribution is -0.144. The van der Waals surface area contributed by atoms with Gasteiger partial charge in [-0.05, 0) is 80.9 Å². The van der Waals surface area contributed by atoms with E-state index in [1.165, 1.54) is 13.1 Å². The third-order valence-corrected chi connectivity index (χ3v) is 4.56. The Bertz CT molecular complexity index is 1060. The van der Waals surface area contributed by atoms with Gasteiger partial charge in [0.1, 0.15) is 5.75 Å². The van der Waals surface area contributed by atoms with Crippen LogP contribution in [0, 0.1) is 13.8 Å². The van der Waals surface area contributed by atoms with Crippen LogP contribution < -0.4 is 10.2 Å². The number of aryl methyl sites for hydroxylation is 2. The molecule has 1 atom stereocenters. The number of hydrogen-bond donors (Lipinski definition) is 2. The van der Waals surface area contributed by atoms with Crippen molar-refractivity contribution >= 4 is 18.1 Å². The molecule has 154 valence electrons. The van der Waals surface area contributed by atoms with Gasteiger partial charge in [0.25, 0.3) is 5.91 Å². The molecule has 1 aromatic heterocycles. The summed E-state index contributed by atoms with van der Waals surface area (Å²) in [5.41, 5.74) is 6.86. The summed E-state index contributed by atoms with van der Waals surface area (Å²) in [6, 6.07) is 18.1. The van der Waals surface area contributed by atoms with Crippen LogP contribution in [-0.4, -0.2) is 33.9 Å². The van der Waals surface area contributed by atoms with Gasteiger partial charge in [0.2, 0.25) is 0 Å². The molecule has 7 nitrogen and oxygen atoms in total. The highest BCUT2D eigenvalue weighted by atomic mass is 16.5. The van der Waals surface area contributed by atoms with Gasteiger partial charge in [0, 0.05) is 22.6 Å². The molecule has 0 bridgehead atoms. The maximum Gasteiger partial charge on any atom is 0.344 e. The molecule has 3 aromatic rings. The Morgan fingerprint density at radius 2 is 1.73 bits per heavy atom. The summed E-state index contributed by atoms with van der Waals surface area (Å²) in [6.45, 7) is 5.49. The van der Waals surface area contributed by atoms with Crippen molar-refractivity contribution in [2.75, 3.05) is 0 Å². The molecular weight excluding hydrogens is 382 g/mol. The maximum absolute atomic E-state index is 12.5. The molecule has 7 heteroatoms. The van der Waals surface area contributed by atoms with Crippen molar-refractivity contribution < 1.29 is 19.4 Å². The number of carbonyl (C=O) groups excluding carboxylic acids is 1. The lowest BCUT2D eigenvalue weighted by Gasteiger charge is -2.10. The summed E-state index contributed by atoms with van der Waals surface area (Å²) in [6.07, 6.45) is 0.575. The molecular formula is C23H23N3O4. The Labute approximate surface area is 174 Å². The van der Waals surface area contributed by atoms with E-state index in [4.69, 9.17) is 9.84 Å². The topological polar surface area (TPSA) is 92.9 Å². The summed E-state index contributed by atoms with van der Waals surface area (Å²) in [5.74, 6) is -0.904. The second-order valence-electron chi connectivity index (χ2n) is 6.87. The van der Waals surface area contributed by atoms with E-state index < -0.39 is 12.1 Å². The first-order chi connectivity index (χ1) is 14.3. The lowest BCUT2D eigenvalue weighted by Crippen LogP contribution is -2.22. The van der Waals surface area contributed by atoms with Crippen LogP contribution in [-0.2, 0) is 4.79 Å². The Hall–Kier alpha value is -3.87. The Morgan fingerprint density at radius 1 is 1.07 bits per heavy atom. The average molecular weight is 405 g/mol. The number of benzene rings is 2. The summed E-state index contributed by atoms with van der Waals surface area (Å²) in [5, 5.41) is 12.9. The monoisotopic (exact) mass is 405 g/mol. The van der Waals surface area contributed by atoms with Crippen molar-refractivity contribution in [3.63, 3.8) is 0 Å². The molecule has 1 heterocycles. The SMILES string of the molecule is Cc1ccc(C)n1-c1cccc(C(=O)N/N=C\c2ccc(O[C@H](C)C(=O)O)cc2)c1. The number of hydrogen-bond acceptors (Lipinski definition) is 4. The van der Waals surface area contributed by atoms with E-state index in [-0.39, 0.29) is 5.91 Å². The van der Waals surface area contributed by atoms with E-state index in [0.717, 1.165) is 22.6 Å². The molecule has 2 N–H and O–H groups in total. The molecule has 0 aliphatic carbocycles. The first-order valence-corrected chi connectivity index (χ1v) is 9.43. The fourth-order valence-corrected chi connectivity index (χ4v) is 2.98. The molecule has 30 heavy (non-hydrogen) atoms. The minimum absolute atomic E-state index is 0.314. The summed E-state index contributed by atoms with van der Waals surface area (Å²) in [4.78, 5) is 23.3. The zero-order chi connectivity index (χ0) is 21.7. The number of nitrogens with one attached hydrogen (secondary N) is 1. The molecule has 0 spiro atoms. The molecule has 1 amide bonds. The van der Waals surface area contributed by atoms with Crippen LogP contribution in [0.25, 0.3) is 5.69 Å². The third kappa shape index (κ3) is 4.94. The fourth-order valence-electron chi connectivity index (χ4n) is 2.98. The molecule has 0 saturated heterocycles. The van der Waals surface area contributed by atoms with Gasteiger partial charge in [-0.3, -0.25) is 4.79 Å². The van der Waals surface area contributed by atoms with Gasteiger partial charge in [-0.15, -0.1) is 0 Å². The number of carboxylic acid groups (broad SMARTS) is 1. The number of aromatic nitrogens is 1. The highest BCUT2D eigenvalue weighted by molar-refractivity contribution is 5.95. The van der Waals surface area contributed by atoms with Crippen LogP contribution >= 0.6 is 0 Å². The molecule has 0 aliphatic heterocycles. The van der Waals surface area contributed by atoms with Crippen molar-refractivity contribution in [2.45, 2.75) is 26.9 Å². The molecule has 0 fully saturated rings. The van der Waals surface area contributed by atoms with Gasteiger partial charge in [0.15, 0.2) is 6.10 Å². The van der Waals surface area contributed by atoms with E-state index in [2.05, 4.69) is 15.1 Å². The Balaban J connectivity index is 1.64. The van der Waals surface area contributed by atoms with Gasteiger partial charge in [-0.1, -0.05) is 6.07 Å². The highest BCUT2D eigenvalue weighted by Crippen LogP contribution is 2.17. The number of hydrazone groups is 1. The predicted octanol–water partition coefficient (Wildman–Crippen LogP) is 3.71. The van der Waals surface area contributed by atoms with Crippen molar-refractivity contribution in [3.8, 4) is 11.4 Å². The van der Waals surface area contributed by atoms with E-state index in [1.807, 2.05) is 44.2 Å². The van der Waals surface area contributed by atoms with E-state index in [0.29, 0.717) is 11.3 Å². The number of nitrogens with zero attached hydrogens (tertiary/aromatic N) is 2. The van der Waals surface area contributed by atoms with Crippen LogP contribution in [0.5, 0.6) is 5.75 Å². The van der Waals surface area contributed by atoms with Crippen LogP contribution in [0.4, 0.5) is 0 Å². The fraction of sp³-hybridized carbons (Fsp3) is 0.174. The highest BCUT2D eigenvalue weighted by Gasteiger charge is 2.12. The summed E-state index contributed by atoms with van der Waals surface area (Å²) >= 11 is 0. The maximum atomic E-state index is 12.5. The number of amides is 1. The van der Waals surface area contributed by atoms with E-state index in [9.17, 15) is 9.59 Å². The van der Waals surface area contributed by atoms with Gasteiger partial charge in [0.05, 0.1) is 6.21 Å². The molecule has 0 radical (unpaired) electrons. The van der Waals surface area contributed by atoms with E-state index >= 15 is 0 Å². The van der Waals surface area contributed by atoms with Gasteiger partial charge < -0.3 is 14.4 Å². The zero-order valence-corrected chi connectivity index (χ0v) is 17.0. The number of carboxylic acids is 1. The second kappa shape index (κ2) is 9.09. The number of rotatable bonds is 7. The van der Waals surface area contributed by atoms with Crippen molar-refractivity contribution in [1.82, 2.24) is 9.99 Å². The first kappa shape index (κ1) is 20.9. The normalized spacial score (nSPS) is 12.0. The average Bonchev–Trinajstić information content (AvgIpc) is 3.07. The Kier molecular flexibility index (Phi) is 6.32. The summed E-state index contributed by atoms with van der Waals surface area (Å²) < 4.78 is 7.35. The quantitative estimate of drug-likeness (QED) is 0.463. The smallest absolute Gasteiger partial charge is 0.344 e. The van der Waals surface area contributed by atoms with Crippen LogP contribution in [0.1, 0.15) is 34.2 Å². The first-order valence-electron chi connectivity index (χ1n) is 9.43. The van der Waals surface area contributed by atoms with Crippen LogP contribution in [0.3, 0.4) is 0 Å². The van der Waals surface area contributed by atoms with Gasteiger partial charge in [-0.25, -0.2) is 10.2 Å². The minimum atomic E-state index is -1.03. The van der Waals surface area contributed by atoms with Crippen molar-refractivity contribution in [1.29, 1.82) is 0 Å². The molecule has 0 unspecified atom stereocenters. The van der Waals surface area contributed by atoms with Crippen molar-refractivity contribution in [3.05, 3.63) is 83.2 Å². The predicted molar refractivity (Wildman–Crippen MR) is 114 cm³/mol. The van der Waals surface area contributed by atoms with Crippen LogP contribution in [0.2, 0.25) is 0 Å². The number of aliphatic carboxylic acids is 1. The third-order valence-electron chi connectivity index (χ3n) is 4.56. The molecule has 2 aromatic carbocycles. The van der Waals surface area contributed by atoms with Gasteiger partial charge >= 0.3 is 5.97 Å². The largest absolute Gasteiger partial charge is 0.479 e. The molecule has 0 saturated carbocycles. The standard InChI is InChI=1S/C23H23N3O4/c1-15-7-8-16(2)26(15)20-6-4-5-19(13-20)22(27)25-24-14-18-9-11-21(12-10-18)30-17(3)23(28)29/h4-14,17H,1-3H3,(H,25,27)(H,28,29)/b24-14-/t17-/m1/s1. The van der Waals surface area contributed by atoms with Crippen molar-refractivity contribution in [2.24, 2.45) is 5.10 Å². The molecule has 3 rings (SSSR count). The number of ether oxygens (including phenoxy) is 1. The Morgan fingerprint density at radius 3 is 2.37 bits per heavy atom. The number of carbonyl (C=O) groups is 2. The lowest BCUT2D eigenvalue weighted by atomic mass is 10.2. The van der Waals surface area contributed by atoms with E-state index in [1.54, 1.807) is 30.3 Å². The minimum Gasteiger partial charge on any atom is -0.479 e. The summed E-state index contributed by atoms with van der Waals surface area (Å²) in [7, 11) is 0. The second-order valence-corrected chi connectivity index (χ2v) is 6.87. The molecule has 0 aliphatic rings.